The van der Waals surface area contributed by atoms with Gasteiger partial charge in [0.15, 0.2) is 34.8 Å². The van der Waals surface area contributed by atoms with E-state index in [9.17, 15) is 22.0 Å². The molecule has 32 heavy (non-hydrogen) atoms. The number of rotatable bonds is 5. The van der Waals surface area contributed by atoms with Crippen LogP contribution in [0.25, 0.3) is 0 Å². The lowest BCUT2D eigenvalue weighted by atomic mass is 9.68. The van der Waals surface area contributed by atoms with Crippen molar-refractivity contribution in [2.75, 3.05) is 0 Å². The summed E-state index contributed by atoms with van der Waals surface area (Å²) in [6, 6.07) is 4.09. The van der Waals surface area contributed by atoms with Crippen LogP contribution in [0.4, 0.5) is 22.0 Å². The van der Waals surface area contributed by atoms with Crippen LogP contribution in [0.15, 0.2) is 24.3 Å². The molecule has 0 aliphatic heterocycles. The van der Waals surface area contributed by atoms with E-state index < -0.39 is 41.4 Å². The molecular weight excluding hydrogens is 423 g/mol. The summed E-state index contributed by atoms with van der Waals surface area (Å²) in [6.45, 7) is 1.84. The van der Waals surface area contributed by atoms with E-state index in [0.717, 1.165) is 49.7 Å². The summed E-state index contributed by atoms with van der Waals surface area (Å²) < 4.78 is 74.1. The predicted molar refractivity (Wildman–Crippen MR) is 113 cm³/mol. The molecule has 2 fully saturated rings. The van der Waals surface area contributed by atoms with Crippen molar-refractivity contribution in [1.29, 1.82) is 0 Å². The Morgan fingerprint density at radius 2 is 1.19 bits per heavy atom. The average Bonchev–Trinajstić information content (AvgIpc) is 2.77. The third kappa shape index (κ3) is 5.10. The van der Waals surface area contributed by atoms with E-state index in [0.29, 0.717) is 11.5 Å². The van der Waals surface area contributed by atoms with Crippen LogP contribution in [0, 0.1) is 46.8 Å². The van der Waals surface area contributed by atoms with Gasteiger partial charge in [-0.2, -0.15) is 0 Å². The Labute approximate surface area is 186 Å². The fourth-order valence-electron chi connectivity index (χ4n) is 5.48. The van der Waals surface area contributed by atoms with Gasteiger partial charge in [-0.05, 0) is 97.6 Å². The lowest BCUT2D eigenvalue weighted by molar-refractivity contribution is 0.165. The van der Waals surface area contributed by atoms with Crippen molar-refractivity contribution in [2.45, 2.75) is 70.8 Å². The molecule has 0 saturated heterocycles. The first kappa shape index (κ1) is 23.1. The molecule has 0 spiro atoms. The van der Waals surface area contributed by atoms with E-state index in [1.54, 1.807) is 0 Å². The second kappa shape index (κ2) is 9.80. The second-order valence-electron chi connectivity index (χ2n) is 9.61. The Bertz CT molecular complexity index is 897. The zero-order valence-electron chi connectivity index (χ0n) is 18.3. The molecule has 4 rings (SSSR count). The summed E-state index contributed by atoms with van der Waals surface area (Å²) in [4.78, 5) is 0. The van der Waals surface area contributed by atoms with Crippen molar-refractivity contribution in [3.8, 4) is 5.75 Å². The molecule has 2 aliphatic rings. The normalized spacial score (nSPS) is 26.2. The zero-order valence-corrected chi connectivity index (χ0v) is 18.3. The minimum absolute atomic E-state index is 0.0558. The van der Waals surface area contributed by atoms with Gasteiger partial charge in [0.05, 0.1) is 0 Å². The van der Waals surface area contributed by atoms with E-state index in [-0.39, 0.29) is 11.5 Å². The maximum Gasteiger partial charge on any atom is 0.194 e. The standard InChI is InChI=1S/C26H29F5O/c1-15-2-4-17(5-3-15)18-6-8-19(9-7-18)20-12-23(29)26(24(30)13-20)32-14-16-10-21(27)25(31)22(28)11-16/h10-13,15,17-19H,2-9,14H2,1H3. The lowest BCUT2D eigenvalue weighted by Gasteiger charge is -2.37. The number of ether oxygens (including phenoxy) is 1. The molecule has 2 aromatic carbocycles. The number of benzene rings is 2. The molecule has 0 bridgehead atoms. The van der Waals surface area contributed by atoms with Crippen molar-refractivity contribution in [1.82, 2.24) is 0 Å². The molecule has 2 aromatic rings. The molecule has 174 valence electrons. The average molecular weight is 453 g/mol. The molecule has 0 amide bonds. The molecule has 0 N–H and O–H groups in total. The molecule has 2 aliphatic carbocycles. The second-order valence-corrected chi connectivity index (χ2v) is 9.61. The van der Waals surface area contributed by atoms with E-state index in [1.807, 2.05) is 0 Å². The molecule has 0 unspecified atom stereocenters. The quantitative estimate of drug-likeness (QED) is 0.329. The lowest BCUT2D eigenvalue weighted by Crippen LogP contribution is -2.24. The first-order chi connectivity index (χ1) is 15.3. The van der Waals surface area contributed by atoms with Crippen LogP contribution in [0.3, 0.4) is 0 Å². The van der Waals surface area contributed by atoms with Crippen LogP contribution in [0.2, 0.25) is 0 Å². The number of hydrogen-bond donors (Lipinski definition) is 0. The van der Waals surface area contributed by atoms with Crippen LogP contribution in [-0.4, -0.2) is 0 Å². The van der Waals surface area contributed by atoms with E-state index in [2.05, 4.69) is 6.92 Å². The Balaban J connectivity index is 1.38. The zero-order chi connectivity index (χ0) is 22.8. The summed E-state index contributed by atoms with van der Waals surface area (Å²) in [7, 11) is 0. The largest absolute Gasteiger partial charge is 0.483 e. The molecule has 6 heteroatoms. The van der Waals surface area contributed by atoms with Crippen molar-refractivity contribution < 1.29 is 26.7 Å². The third-order valence-electron chi connectivity index (χ3n) is 7.42. The Morgan fingerprint density at radius 1 is 0.688 bits per heavy atom. The highest BCUT2D eigenvalue weighted by Gasteiger charge is 2.31. The minimum atomic E-state index is -1.59. The topological polar surface area (TPSA) is 9.23 Å². The number of halogens is 5. The van der Waals surface area contributed by atoms with Crippen LogP contribution in [-0.2, 0) is 6.61 Å². The first-order valence-corrected chi connectivity index (χ1v) is 11.6. The maximum atomic E-state index is 14.6. The summed E-state index contributed by atoms with van der Waals surface area (Å²) in [5, 5.41) is 0. The molecular formula is C26H29F5O. The van der Waals surface area contributed by atoms with Crippen LogP contribution in [0.5, 0.6) is 5.75 Å². The smallest absolute Gasteiger partial charge is 0.194 e. The number of hydrogen-bond acceptors (Lipinski definition) is 1. The van der Waals surface area contributed by atoms with Crippen LogP contribution < -0.4 is 4.74 Å². The van der Waals surface area contributed by atoms with Gasteiger partial charge in [0.1, 0.15) is 6.61 Å². The molecule has 1 nitrogen and oxygen atoms in total. The highest BCUT2D eigenvalue weighted by Crippen LogP contribution is 2.44. The highest BCUT2D eigenvalue weighted by molar-refractivity contribution is 5.34. The summed E-state index contributed by atoms with van der Waals surface area (Å²) >= 11 is 0. The van der Waals surface area contributed by atoms with Crippen molar-refractivity contribution >= 4 is 0 Å². The van der Waals surface area contributed by atoms with E-state index in [1.165, 1.54) is 37.8 Å². The van der Waals surface area contributed by atoms with Crippen molar-refractivity contribution in [2.24, 2.45) is 17.8 Å². The molecule has 2 saturated carbocycles. The van der Waals surface area contributed by atoms with Gasteiger partial charge >= 0.3 is 0 Å². The third-order valence-corrected chi connectivity index (χ3v) is 7.42. The van der Waals surface area contributed by atoms with Gasteiger partial charge in [-0.15, -0.1) is 0 Å². The minimum Gasteiger partial charge on any atom is -0.483 e. The molecule has 0 radical (unpaired) electrons. The van der Waals surface area contributed by atoms with E-state index >= 15 is 0 Å². The summed E-state index contributed by atoms with van der Waals surface area (Å²) in [5.74, 6) is -4.17. The Morgan fingerprint density at radius 3 is 1.72 bits per heavy atom. The monoisotopic (exact) mass is 452 g/mol. The first-order valence-electron chi connectivity index (χ1n) is 11.6. The van der Waals surface area contributed by atoms with Gasteiger partial charge < -0.3 is 4.74 Å². The van der Waals surface area contributed by atoms with Gasteiger partial charge in [-0.1, -0.05) is 19.8 Å². The van der Waals surface area contributed by atoms with Crippen molar-refractivity contribution in [3.63, 3.8) is 0 Å². The molecule has 0 aromatic heterocycles. The fraction of sp³-hybridized carbons (Fsp3) is 0.538. The Hall–Kier alpha value is -2.11. The van der Waals surface area contributed by atoms with Crippen LogP contribution in [0.1, 0.15) is 75.3 Å². The van der Waals surface area contributed by atoms with Crippen molar-refractivity contribution in [3.05, 3.63) is 64.5 Å². The van der Waals surface area contributed by atoms with Gasteiger partial charge in [0.25, 0.3) is 0 Å². The van der Waals surface area contributed by atoms with Gasteiger partial charge in [-0.3, -0.25) is 0 Å². The van der Waals surface area contributed by atoms with Gasteiger partial charge in [-0.25, -0.2) is 22.0 Å². The molecule has 0 atom stereocenters. The summed E-state index contributed by atoms with van der Waals surface area (Å²) in [5.41, 5.74) is 0.571. The maximum absolute atomic E-state index is 14.6. The Kier molecular flexibility index (Phi) is 7.06. The highest BCUT2D eigenvalue weighted by atomic mass is 19.2. The van der Waals surface area contributed by atoms with Gasteiger partial charge in [0, 0.05) is 0 Å². The summed E-state index contributed by atoms with van der Waals surface area (Å²) in [6.07, 6.45) is 9.23. The van der Waals surface area contributed by atoms with Crippen LogP contribution >= 0.6 is 0 Å². The predicted octanol–water partition coefficient (Wildman–Crippen LogP) is 8.06. The molecule has 0 heterocycles. The SMILES string of the molecule is CC1CCC(C2CCC(c3cc(F)c(OCc4cc(F)c(F)c(F)c4)c(F)c3)CC2)CC1. The fourth-order valence-corrected chi connectivity index (χ4v) is 5.48. The van der Waals surface area contributed by atoms with Gasteiger partial charge in [0.2, 0.25) is 0 Å². The van der Waals surface area contributed by atoms with E-state index in [4.69, 9.17) is 4.74 Å².